The van der Waals surface area contributed by atoms with E-state index < -0.39 is 10.0 Å². The Hall–Kier alpha value is -0.580. The number of hydrogen-bond donors (Lipinski definition) is 1. The second-order valence-corrected chi connectivity index (χ2v) is 4.83. The molecule has 0 fully saturated rings. The molecule has 0 saturated heterocycles. The predicted octanol–water partition coefficient (Wildman–Crippen LogP) is -1.54. The van der Waals surface area contributed by atoms with Crippen molar-refractivity contribution in [3.05, 3.63) is 29.8 Å². The number of hydrogen-bond acceptors (Lipinski definition) is 2. The lowest BCUT2D eigenvalue weighted by molar-refractivity contribution is -0.00000547. The van der Waals surface area contributed by atoms with E-state index in [1.165, 1.54) is 12.1 Å². The molecule has 2 N–H and O–H groups in total. The molecular formula is C9H13ClNO2S-. The van der Waals surface area contributed by atoms with Gasteiger partial charge in [0.25, 0.3) is 0 Å². The summed E-state index contributed by atoms with van der Waals surface area (Å²) in [4.78, 5) is 0.164. The molecule has 1 aromatic carbocycles. The highest BCUT2D eigenvalue weighted by atomic mass is 35.5. The van der Waals surface area contributed by atoms with E-state index in [0.717, 1.165) is 5.56 Å². The first-order chi connectivity index (χ1) is 5.91. The summed E-state index contributed by atoms with van der Waals surface area (Å²) in [6.07, 6.45) is 0. The quantitative estimate of drug-likeness (QED) is 0.675. The molecule has 80 valence electrons. The number of nitrogens with two attached hydrogens (primary N) is 1. The normalized spacial score (nSPS) is 11.1. The molecule has 0 bridgehead atoms. The van der Waals surface area contributed by atoms with Gasteiger partial charge >= 0.3 is 0 Å². The number of benzene rings is 1. The number of halogens is 1. The SMILES string of the molecule is CC(C)c1ccc(S(N)(=O)=O)cc1.[Cl-]. The van der Waals surface area contributed by atoms with Crippen LogP contribution in [0.4, 0.5) is 0 Å². The molecule has 0 aliphatic carbocycles. The largest absolute Gasteiger partial charge is 1.00 e. The molecule has 0 aromatic heterocycles. The van der Waals surface area contributed by atoms with Gasteiger partial charge in [-0.2, -0.15) is 0 Å². The first kappa shape index (κ1) is 13.4. The molecule has 0 heterocycles. The summed E-state index contributed by atoms with van der Waals surface area (Å²) in [6, 6.07) is 6.63. The van der Waals surface area contributed by atoms with E-state index in [-0.39, 0.29) is 17.3 Å². The lowest BCUT2D eigenvalue weighted by Crippen LogP contribution is -3.00. The topological polar surface area (TPSA) is 60.2 Å². The minimum Gasteiger partial charge on any atom is -1.00 e. The van der Waals surface area contributed by atoms with Crippen molar-refractivity contribution in [3.63, 3.8) is 0 Å². The van der Waals surface area contributed by atoms with Crippen molar-refractivity contribution >= 4 is 10.0 Å². The Morgan fingerprint density at radius 2 is 1.57 bits per heavy atom. The van der Waals surface area contributed by atoms with Crippen molar-refractivity contribution in [1.82, 2.24) is 0 Å². The molecule has 1 rings (SSSR count). The molecule has 0 aliphatic heterocycles. The zero-order valence-corrected chi connectivity index (χ0v) is 9.64. The van der Waals surface area contributed by atoms with E-state index in [2.05, 4.69) is 0 Å². The number of rotatable bonds is 2. The lowest BCUT2D eigenvalue weighted by atomic mass is 10.0. The summed E-state index contributed by atoms with van der Waals surface area (Å²) in [5.74, 6) is 0.398. The Kier molecular flexibility index (Phi) is 4.58. The third-order valence-electron chi connectivity index (χ3n) is 1.88. The molecule has 1 aromatic rings. The summed E-state index contributed by atoms with van der Waals surface area (Å²) >= 11 is 0. The monoisotopic (exact) mass is 234 g/mol. The molecule has 3 nitrogen and oxygen atoms in total. The number of primary sulfonamides is 1. The van der Waals surface area contributed by atoms with E-state index in [1.807, 2.05) is 13.8 Å². The van der Waals surface area contributed by atoms with Crippen LogP contribution in [0, 0.1) is 0 Å². The molecule has 14 heavy (non-hydrogen) atoms. The van der Waals surface area contributed by atoms with Gasteiger partial charge in [-0.15, -0.1) is 0 Å². The van der Waals surface area contributed by atoms with Gasteiger partial charge in [-0.1, -0.05) is 26.0 Å². The van der Waals surface area contributed by atoms with Gasteiger partial charge in [-0.25, -0.2) is 13.6 Å². The van der Waals surface area contributed by atoms with Crippen LogP contribution in [0.5, 0.6) is 0 Å². The first-order valence-electron chi connectivity index (χ1n) is 4.04. The molecule has 0 atom stereocenters. The predicted molar refractivity (Wildman–Crippen MR) is 51.9 cm³/mol. The average molecular weight is 235 g/mol. The Balaban J connectivity index is 0.00000169. The van der Waals surface area contributed by atoms with Crippen LogP contribution in [0.2, 0.25) is 0 Å². The molecule has 0 radical (unpaired) electrons. The van der Waals surface area contributed by atoms with E-state index in [1.54, 1.807) is 12.1 Å². The molecule has 0 spiro atoms. The standard InChI is InChI=1S/C9H13NO2S.ClH/c1-7(2)8-3-5-9(6-4-8)13(10,11)12;/h3-7H,1-2H3,(H2,10,11,12);1H/p-1. The van der Waals surface area contributed by atoms with Gasteiger partial charge in [-0.3, -0.25) is 0 Å². The van der Waals surface area contributed by atoms with Crippen molar-refractivity contribution < 1.29 is 20.8 Å². The lowest BCUT2D eigenvalue weighted by Gasteiger charge is -2.05. The first-order valence-corrected chi connectivity index (χ1v) is 5.58. The van der Waals surface area contributed by atoms with Gasteiger partial charge < -0.3 is 12.4 Å². The number of sulfonamides is 1. The maximum absolute atomic E-state index is 10.9. The minimum atomic E-state index is -3.55. The highest BCUT2D eigenvalue weighted by molar-refractivity contribution is 7.89. The smallest absolute Gasteiger partial charge is 0.238 e. The fourth-order valence-corrected chi connectivity index (χ4v) is 1.56. The molecule has 5 heteroatoms. The van der Waals surface area contributed by atoms with Crippen LogP contribution in [0.15, 0.2) is 29.2 Å². The van der Waals surface area contributed by atoms with Crippen LogP contribution in [-0.4, -0.2) is 8.42 Å². The Bertz CT molecular complexity index is 384. The maximum Gasteiger partial charge on any atom is 0.238 e. The second kappa shape index (κ2) is 4.77. The van der Waals surface area contributed by atoms with Gasteiger partial charge in [-0.05, 0) is 23.6 Å². The molecule has 0 amide bonds. The summed E-state index contributed by atoms with van der Waals surface area (Å²) in [6.45, 7) is 4.10. The molecule has 0 unspecified atom stereocenters. The fraction of sp³-hybridized carbons (Fsp3) is 0.333. The van der Waals surface area contributed by atoms with Gasteiger partial charge in [0.15, 0.2) is 0 Å². The third kappa shape index (κ3) is 3.29. The van der Waals surface area contributed by atoms with Crippen LogP contribution in [0.1, 0.15) is 25.3 Å². The van der Waals surface area contributed by atoms with E-state index in [4.69, 9.17) is 5.14 Å². The fourth-order valence-electron chi connectivity index (χ4n) is 1.04. The maximum atomic E-state index is 10.9. The van der Waals surface area contributed by atoms with E-state index >= 15 is 0 Å². The zero-order valence-electron chi connectivity index (χ0n) is 8.07. The van der Waals surface area contributed by atoms with Gasteiger partial charge in [0.2, 0.25) is 10.0 Å². The Morgan fingerprint density at radius 1 is 1.14 bits per heavy atom. The zero-order chi connectivity index (χ0) is 10.1. The second-order valence-electron chi connectivity index (χ2n) is 3.27. The average Bonchev–Trinajstić information content (AvgIpc) is 2.03. The Labute approximate surface area is 90.8 Å². The van der Waals surface area contributed by atoms with E-state index in [9.17, 15) is 8.42 Å². The van der Waals surface area contributed by atoms with E-state index in [0.29, 0.717) is 5.92 Å². The van der Waals surface area contributed by atoms with Gasteiger partial charge in [0.1, 0.15) is 0 Å². The third-order valence-corrected chi connectivity index (χ3v) is 2.80. The molecular weight excluding hydrogens is 222 g/mol. The van der Waals surface area contributed by atoms with Crippen LogP contribution < -0.4 is 17.5 Å². The van der Waals surface area contributed by atoms with Crippen LogP contribution in [0.3, 0.4) is 0 Å². The van der Waals surface area contributed by atoms with Crippen molar-refractivity contribution in [2.75, 3.05) is 0 Å². The molecule has 0 aliphatic rings. The molecule has 0 saturated carbocycles. The van der Waals surface area contributed by atoms with Crippen molar-refractivity contribution in [2.24, 2.45) is 5.14 Å². The highest BCUT2D eigenvalue weighted by Gasteiger charge is 2.07. The van der Waals surface area contributed by atoms with Crippen LogP contribution in [0.25, 0.3) is 0 Å². The minimum absolute atomic E-state index is 0. The van der Waals surface area contributed by atoms with Crippen molar-refractivity contribution in [1.29, 1.82) is 0 Å². The highest BCUT2D eigenvalue weighted by Crippen LogP contribution is 2.16. The van der Waals surface area contributed by atoms with Crippen molar-refractivity contribution in [2.45, 2.75) is 24.7 Å². The van der Waals surface area contributed by atoms with Crippen LogP contribution in [-0.2, 0) is 10.0 Å². The summed E-state index contributed by atoms with van der Waals surface area (Å²) in [5, 5.41) is 4.96. The summed E-state index contributed by atoms with van der Waals surface area (Å²) < 4.78 is 21.8. The summed E-state index contributed by atoms with van der Waals surface area (Å²) in [7, 11) is -3.55. The van der Waals surface area contributed by atoms with Gasteiger partial charge in [0, 0.05) is 0 Å². The summed E-state index contributed by atoms with van der Waals surface area (Å²) in [5.41, 5.74) is 1.10. The van der Waals surface area contributed by atoms with Crippen molar-refractivity contribution in [3.8, 4) is 0 Å². The Morgan fingerprint density at radius 3 is 1.86 bits per heavy atom. The van der Waals surface area contributed by atoms with Crippen LogP contribution >= 0.6 is 0 Å². The van der Waals surface area contributed by atoms with Gasteiger partial charge in [0.05, 0.1) is 4.90 Å².